The SMILES string of the molecule is CC(=O)O[C@H]1C[C@]2(O)[C@@H](C(C)C)CC[C@]2(C)CC1=O. The average Bonchev–Trinajstić information content (AvgIpc) is 2.50. The van der Waals surface area contributed by atoms with Gasteiger partial charge in [-0.2, -0.15) is 0 Å². The summed E-state index contributed by atoms with van der Waals surface area (Å²) in [6.07, 6.45) is 1.60. The van der Waals surface area contributed by atoms with Crippen LogP contribution in [0.3, 0.4) is 0 Å². The van der Waals surface area contributed by atoms with Crippen LogP contribution in [0.4, 0.5) is 0 Å². The van der Waals surface area contributed by atoms with E-state index in [9.17, 15) is 14.7 Å². The van der Waals surface area contributed by atoms with Crippen molar-refractivity contribution in [3.05, 3.63) is 0 Å². The van der Waals surface area contributed by atoms with Gasteiger partial charge in [0.25, 0.3) is 0 Å². The van der Waals surface area contributed by atoms with Gasteiger partial charge in [0.1, 0.15) is 0 Å². The first-order valence-electron chi connectivity index (χ1n) is 7.12. The quantitative estimate of drug-likeness (QED) is 0.779. The maximum absolute atomic E-state index is 12.1. The van der Waals surface area contributed by atoms with Gasteiger partial charge in [-0.1, -0.05) is 20.8 Å². The summed E-state index contributed by atoms with van der Waals surface area (Å²) < 4.78 is 5.10. The molecule has 4 heteroatoms. The highest BCUT2D eigenvalue weighted by molar-refractivity contribution is 5.87. The standard InChI is InChI=1S/C15H24O4/c1-9(2)11-5-6-14(4)7-12(17)13(19-10(3)16)8-15(11,14)18/h9,11,13,18H,5-8H2,1-4H3/t11-,13+,14-,15+/m1/s1. The van der Waals surface area contributed by atoms with Crippen LogP contribution in [0, 0.1) is 17.3 Å². The number of esters is 1. The first kappa shape index (κ1) is 14.5. The van der Waals surface area contributed by atoms with Crippen LogP contribution < -0.4 is 0 Å². The molecule has 2 fully saturated rings. The van der Waals surface area contributed by atoms with Crippen molar-refractivity contribution in [2.75, 3.05) is 0 Å². The van der Waals surface area contributed by atoms with Crippen molar-refractivity contribution in [3.8, 4) is 0 Å². The van der Waals surface area contributed by atoms with Crippen molar-refractivity contribution in [3.63, 3.8) is 0 Å². The molecular formula is C15H24O4. The summed E-state index contributed by atoms with van der Waals surface area (Å²) in [5, 5.41) is 11.2. The summed E-state index contributed by atoms with van der Waals surface area (Å²) in [6.45, 7) is 7.51. The Kier molecular flexibility index (Phi) is 3.50. The molecule has 0 aromatic carbocycles. The number of carbonyl (C=O) groups is 2. The Morgan fingerprint density at radius 3 is 2.63 bits per heavy atom. The maximum atomic E-state index is 12.1. The molecule has 0 heterocycles. The Bertz CT molecular complexity index is 403. The molecule has 2 aliphatic rings. The molecule has 2 rings (SSSR count). The third-order valence-corrected chi connectivity index (χ3v) is 5.20. The highest BCUT2D eigenvalue weighted by Crippen LogP contribution is 2.58. The minimum atomic E-state index is -0.894. The van der Waals surface area contributed by atoms with E-state index in [2.05, 4.69) is 13.8 Å². The fraction of sp³-hybridized carbons (Fsp3) is 0.867. The van der Waals surface area contributed by atoms with Gasteiger partial charge in [-0.15, -0.1) is 0 Å². The highest BCUT2D eigenvalue weighted by atomic mass is 16.5. The Morgan fingerprint density at radius 2 is 2.11 bits per heavy atom. The topological polar surface area (TPSA) is 63.6 Å². The fourth-order valence-electron chi connectivity index (χ4n) is 4.10. The molecule has 19 heavy (non-hydrogen) atoms. The van der Waals surface area contributed by atoms with Crippen LogP contribution in [-0.4, -0.2) is 28.6 Å². The van der Waals surface area contributed by atoms with E-state index in [1.807, 2.05) is 6.92 Å². The van der Waals surface area contributed by atoms with E-state index < -0.39 is 17.7 Å². The van der Waals surface area contributed by atoms with Gasteiger partial charge >= 0.3 is 5.97 Å². The number of hydrogen-bond donors (Lipinski definition) is 1. The molecule has 4 nitrogen and oxygen atoms in total. The van der Waals surface area contributed by atoms with E-state index in [1.54, 1.807) is 0 Å². The summed E-state index contributed by atoms with van der Waals surface area (Å²) in [7, 11) is 0. The molecule has 2 saturated carbocycles. The molecule has 0 saturated heterocycles. The van der Waals surface area contributed by atoms with Crippen molar-refractivity contribution in [1.82, 2.24) is 0 Å². The van der Waals surface area contributed by atoms with Crippen LogP contribution in [0.25, 0.3) is 0 Å². The number of Topliss-reactive ketones (excluding diaryl/α,β-unsaturated/α-hetero) is 1. The van der Waals surface area contributed by atoms with E-state index >= 15 is 0 Å². The van der Waals surface area contributed by atoms with Gasteiger partial charge in [-0.05, 0) is 24.7 Å². The Balaban J connectivity index is 2.29. The lowest BCUT2D eigenvalue weighted by Crippen LogP contribution is -2.57. The third-order valence-electron chi connectivity index (χ3n) is 5.20. The first-order valence-corrected chi connectivity index (χ1v) is 7.12. The van der Waals surface area contributed by atoms with Crippen LogP contribution in [0.1, 0.15) is 53.4 Å². The number of ether oxygens (including phenoxy) is 1. The average molecular weight is 268 g/mol. The van der Waals surface area contributed by atoms with Crippen LogP contribution in [0.5, 0.6) is 0 Å². The fourth-order valence-corrected chi connectivity index (χ4v) is 4.10. The molecule has 108 valence electrons. The summed E-state index contributed by atoms with van der Waals surface area (Å²) in [4.78, 5) is 23.2. The zero-order chi connectivity index (χ0) is 14.4. The van der Waals surface area contributed by atoms with E-state index in [4.69, 9.17) is 4.74 Å². The summed E-state index contributed by atoms with van der Waals surface area (Å²) in [5.41, 5.74) is -1.26. The lowest BCUT2D eigenvalue weighted by Gasteiger charge is -2.48. The molecular weight excluding hydrogens is 244 g/mol. The molecule has 0 aliphatic heterocycles. The molecule has 0 radical (unpaired) electrons. The summed E-state index contributed by atoms with van der Waals surface area (Å²) >= 11 is 0. The minimum absolute atomic E-state index is 0.0493. The lowest BCUT2D eigenvalue weighted by atomic mass is 9.61. The van der Waals surface area contributed by atoms with Gasteiger partial charge in [0.05, 0.1) is 5.60 Å². The van der Waals surface area contributed by atoms with Crippen molar-refractivity contribution in [2.24, 2.45) is 17.3 Å². The molecule has 4 atom stereocenters. The van der Waals surface area contributed by atoms with E-state index in [1.165, 1.54) is 6.92 Å². The molecule has 0 unspecified atom stereocenters. The number of rotatable bonds is 2. The van der Waals surface area contributed by atoms with Crippen LogP contribution in [-0.2, 0) is 14.3 Å². The zero-order valence-electron chi connectivity index (χ0n) is 12.2. The van der Waals surface area contributed by atoms with E-state index in [-0.39, 0.29) is 23.5 Å². The zero-order valence-corrected chi connectivity index (χ0v) is 12.2. The van der Waals surface area contributed by atoms with Crippen LogP contribution in [0.2, 0.25) is 0 Å². The Hall–Kier alpha value is -0.900. The Morgan fingerprint density at radius 1 is 1.47 bits per heavy atom. The van der Waals surface area contributed by atoms with E-state index in [0.717, 1.165) is 12.8 Å². The maximum Gasteiger partial charge on any atom is 0.303 e. The second-order valence-corrected chi connectivity index (χ2v) is 6.82. The van der Waals surface area contributed by atoms with E-state index in [0.29, 0.717) is 12.3 Å². The van der Waals surface area contributed by atoms with Gasteiger partial charge in [0.15, 0.2) is 11.9 Å². The second kappa shape index (κ2) is 4.58. The van der Waals surface area contributed by atoms with Crippen molar-refractivity contribution < 1.29 is 19.4 Å². The summed E-state index contributed by atoms with van der Waals surface area (Å²) in [6, 6.07) is 0. The number of fused-ring (bicyclic) bond motifs is 1. The van der Waals surface area contributed by atoms with Gasteiger partial charge in [0, 0.05) is 25.2 Å². The highest BCUT2D eigenvalue weighted by Gasteiger charge is 2.62. The molecule has 0 amide bonds. The second-order valence-electron chi connectivity index (χ2n) is 6.82. The van der Waals surface area contributed by atoms with Crippen molar-refractivity contribution in [1.29, 1.82) is 0 Å². The molecule has 0 bridgehead atoms. The van der Waals surface area contributed by atoms with Crippen molar-refractivity contribution in [2.45, 2.75) is 65.1 Å². The lowest BCUT2D eigenvalue weighted by molar-refractivity contribution is -0.180. The molecule has 0 aromatic rings. The van der Waals surface area contributed by atoms with Crippen molar-refractivity contribution >= 4 is 11.8 Å². The van der Waals surface area contributed by atoms with Gasteiger partial charge in [0.2, 0.25) is 0 Å². The normalized spacial score (nSPS) is 42.3. The predicted molar refractivity (Wildman–Crippen MR) is 70.4 cm³/mol. The van der Waals surface area contributed by atoms with Crippen LogP contribution >= 0.6 is 0 Å². The first-order chi connectivity index (χ1) is 8.69. The Labute approximate surface area is 114 Å². The molecule has 1 N–H and O–H groups in total. The molecule has 0 spiro atoms. The van der Waals surface area contributed by atoms with Gasteiger partial charge in [-0.3, -0.25) is 9.59 Å². The van der Waals surface area contributed by atoms with Gasteiger partial charge in [-0.25, -0.2) is 0 Å². The minimum Gasteiger partial charge on any atom is -0.454 e. The molecule has 0 aromatic heterocycles. The van der Waals surface area contributed by atoms with Gasteiger partial charge < -0.3 is 9.84 Å². The third kappa shape index (κ3) is 2.20. The molecule has 2 aliphatic carbocycles. The number of ketones is 1. The monoisotopic (exact) mass is 268 g/mol. The number of aliphatic hydroxyl groups is 1. The number of carbonyl (C=O) groups excluding carboxylic acids is 2. The summed E-state index contributed by atoms with van der Waals surface area (Å²) in [5.74, 6) is 0.0260. The largest absolute Gasteiger partial charge is 0.454 e. The van der Waals surface area contributed by atoms with Crippen LogP contribution in [0.15, 0.2) is 0 Å². The number of hydrogen-bond acceptors (Lipinski definition) is 4. The smallest absolute Gasteiger partial charge is 0.303 e. The predicted octanol–water partition coefficient (Wildman–Crippen LogP) is 2.08.